The van der Waals surface area contributed by atoms with E-state index in [1.54, 1.807) is 6.07 Å². The van der Waals surface area contributed by atoms with Gasteiger partial charge < -0.3 is 30.8 Å². The van der Waals surface area contributed by atoms with Crippen LogP contribution in [0.5, 0.6) is 11.5 Å². The lowest BCUT2D eigenvalue weighted by molar-refractivity contribution is -0.144. The molecule has 1 aliphatic heterocycles. The van der Waals surface area contributed by atoms with E-state index in [9.17, 15) is 27.5 Å². The number of benzene rings is 2. The Kier molecular flexibility index (Phi) is 5.68. The number of pyridine rings is 1. The van der Waals surface area contributed by atoms with E-state index in [1.165, 1.54) is 42.6 Å². The lowest BCUT2D eigenvalue weighted by Gasteiger charge is -2.11. The number of aliphatic hydroxyl groups is 1. The molecular weight excluding hydrogens is 484 g/mol. The molecule has 0 fully saturated rings. The maximum atomic E-state index is 13.3. The topological polar surface area (TPSA) is 124 Å². The first kappa shape index (κ1) is 23.1. The molecule has 0 aliphatic carbocycles. The summed E-state index contributed by atoms with van der Waals surface area (Å²) in [4.78, 5) is 22.5. The number of aliphatic hydroxyl groups excluding tert-OH is 1. The van der Waals surface area contributed by atoms with Crippen molar-refractivity contribution in [1.82, 2.24) is 15.0 Å². The van der Waals surface area contributed by atoms with Crippen molar-refractivity contribution >= 4 is 23.1 Å². The number of amides is 1. The molecule has 0 saturated carbocycles. The van der Waals surface area contributed by atoms with Gasteiger partial charge >= 0.3 is 6.18 Å². The summed E-state index contributed by atoms with van der Waals surface area (Å²) in [5.41, 5.74) is 0.176. The second-order valence-electron chi connectivity index (χ2n) is 7.62. The monoisotopic (exact) mass is 500 g/mol. The first-order valence-electron chi connectivity index (χ1n) is 10.4. The molecule has 5 N–H and O–H groups in total. The van der Waals surface area contributed by atoms with Gasteiger partial charge in [0.2, 0.25) is 12.2 Å². The van der Waals surface area contributed by atoms with Crippen molar-refractivity contribution in [2.24, 2.45) is 0 Å². The smallest absolute Gasteiger partial charge is 0.449 e. The third kappa shape index (κ3) is 4.63. The van der Waals surface area contributed by atoms with E-state index in [4.69, 9.17) is 4.74 Å². The molecule has 36 heavy (non-hydrogen) atoms. The van der Waals surface area contributed by atoms with Crippen LogP contribution in [0.4, 0.5) is 34.8 Å². The van der Waals surface area contributed by atoms with Gasteiger partial charge in [-0.1, -0.05) is 0 Å². The minimum Gasteiger partial charge on any atom is -0.455 e. The van der Waals surface area contributed by atoms with Gasteiger partial charge in [0, 0.05) is 23.5 Å². The highest BCUT2D eigenvalue weighted by Gasteiger charge is 2.37. The Morgan fingerprint density at radius 3 is 2.44 bits per heavy atom. The predicted octanol–water partition coefficient (Wildman–Crippen LogP) is 4.79. The third-order valence-electron chi connectivity index (χ3n) is 5.12. The number of halogens is 4. The number of hydrogen-bond donors (Lipinski definition) is 5. The van der Waals surface area contributed by atoms with Gasteiger partial charge in [0.05, 0.1) is 0 Å². The Labute approximate surface area is 200 Å². The summed E-state index contributed by atoms with van der Waals surface area (Å²) in [5.74, 6) is -1.62. The number of imidazole rings is 1. The van der Waals surface area contributed by atoms with Crippen LogP contribution in [0.25, 0.3) is 11.3 Å². The summed E-state index contributed by atoms with van der Waals surface area (Å²) in [7, 11) is 0. The van der Waals surface area contributed by atoms with Gasteiger partial charge in [-0.25, -0.2) is 14.4 Å². The van der Waals surface area contributed by atoms with Crippen LogP contribution in [-0.4, -0.2) is 32.3 Å². The molecule has 5 rings (SSSR count). The molecule has 1 unspecified atom stereocenters. The largest absolute Gasteiger partial charge is 0.455 e. The van der Waals surface area contributed by atoms with Crippen molar-refractivity contribution in [3.8, 4) is 22.8 Å². The van der Waals surface area contributed by atoms with Crippen molar-refractivity contribution < 1.29 is 32.2 Å². The van der Waals surface area contributed by atoms with Crippen LogP contribution in [0.3, 0.4) is 0 Å². The zero-order valence-corrected chi connectivity index (χ0v) is 18.0. The molecule has 3 heterocycles. The fourth-order valence-electron chi connectivity index (χ4n) is 3.50. The maximum Gasteiger partial charge on any atom is 0.449 e. The van der Waals surface area contributed by atoms with Gasteiger partial charge in [-0.2, -0.15) is 13.2 Å². The maximum absolute atomic E-state index is 13.3. The number of hydrogen-bond acceptors (Lipinski definition) is 7. The number of anilines is 3. The molecule has 1 amide bonds. The zero-order chi connectivity index (χ0) is 25.4. The minimum atomic E-state index is -4.82. The van der Waals surface area contributed by atoms with E-state index in [-0.39, 0.29) is 16.9 Å². The van der Waals surface area contributed by atoms with Crippen molar-refractivity contribution in [2.45, 2.75) is 12.5 Å². The predicted molar refractivity (Wildman–Crippen MR) is 121 cm³/mol. The van der Waals surface area contributed by atoms with Gasteiger partial charge in [-0.05, 0) is 48.5 Å². The van der Waals surface area contributed by atoms with Gasteiger partial charge in [-0.3, -0.25) is 4.79 Å². The number of carbonyl (C=O) groups excluding carboxylic acids is 1. The Morgan fingerprint density at radius 2 is 1.75 bits per heavy atom. The Hall–Kier alpha value is -4.65. The van der Waals surface area contributed by atoms with E-state index in [1.807, 2.05) is 4.98 Å². The molecule has 9 nitrogen and oxygen atoms in total. The Bertz CT molecular complexity index is 1420. The number of aromatic nitrogens is 3. The fraction of sp³-hybridized carbons (Fsp3) is 0.0870. The Morgan fingerprint density at radius 1 is 1.03 bits per heavy atom. The van der Waals surface area contributed by atoms with Crippen LogP contribution in [0.1, 0.15) is 16.3 Å². The normalized spacial score (nSPS) is 14.5. The number of alkyl halides is 3. The average molecular weight is 500 g/mol. The number of fused-ring (bicyclic) bond motifs is 1. The minimum absolute atomic E-state index is 0.134. The standard InChI is InChI=1S/C23H16F4N6O3/c24-12-3-1-11(2-4-12)16-18(31-21(30-16)23(25,26)27)20(34)29-13-5-7-14(8-6-13)36-15-9-10-28-19-17(15)32-22(35)33-19/h1-10,22,32,35H,(H,28,33)(H,29,34)(H,30,31). The van der Waals surface area contributed by atoms with Crippen LogP contribution in [0.15, 0.2) is 60.8 Å². The van der Waals surface area contributed by atoms with E-state index in [0.717, 1.165) is 12.1 Å². The van der Waals surface area contributed by atoms with Crippen LogP contribution >= 0.6 is 0 Å². The molecule has 1 atom stereocenters. The molecule has 4 aromatic rings. The summed E-state index contributed by atoms with van der Waals surface area (Å²) in [6.07, 6.45) is -4.33. The highest BCUT2D eigenvalue weighted by Crippen LogP contribution is 2.38. The van der Waals surface area contributed by atoms with Crippen molar-refractivity contribution in [1.29, 1.82) is 0 Å². The molecule has 0 radical (unpaired) electrons. The number of ether oxygens (including phenoxy) is 1. The second-order valence-corrected chi connectivity index (χ2v) is 7.62. The van der Waals surface area contributed by atoms with Crippen LogP contribution in [0, 0.1) is 5.82 Å². The Balaban J connectivity index is 1.36. The van der Waals surface area contributed by atoms with Crippen molar-refractivity contribution in [3.63, 3.8) is 0 Å². The number of nitrogens with one attached hydrogen (secondary N) is 4. The van der Waals surface area contributed by atoms with Crippen molar-refractivity contribution in [2.75, 3.05) is 16.0 Å². The lowest BCUT2D eigenvalue weighted by atomic mass is 10.1. The number of H-pyrrole nitrogens is 1. The van der Waals surface area contributed by atoms with E-state index in [0.29, 0.717) is 23.0 Å². The fourth-order valence-corrected chi connectivity index (χ4v) is 3.50. The van der Waals surface area contributed by atoms with Gasteiger partial charge in [-0.15, -0.1) is 0 Å². The summed E-state index contributed by atoms with van der Waals surface area (Å²) in [6, 6.07) is 12.2. The summed E-state index contributed by atoms with van der Waals surface area (Å²) in [6.45, 7) is 0. The zero-order valence-electron chi connectivity index (χ0n) is 18.0. The molecule has 2 aromatic carbocycles. The van der Waals surface area contributed by atoms with Crippen LogP contribution in [0.2, 0.25) is 0 Å². The molecule has 13 heteroatoms. The molecule has 0 bridgehead atoms. The van der Waals surface area contributed by atoms with Gasteiger partial charge in [0.15, 0.2) is 11.6 Å². The molecule has 0 saturated heterocycles. The first-order valence-corrected chi connectivity index (χ1v) is 10.4. The summed E-state index contributed by atoms with van der Waals surface area (Å²) < 4.78 is 58.8. The molecule has 184 valence electrons. The number of nitrogens with zero attached hydrogens (tertiary/aromatic N) is 2. The quantitative estimate of drug-likeness (QED) is 0.250. The lowest BCUT2D eigenvalue weighted by Crippen LogP contribution is -2.20. The number of aromatic amines is 1. The van der Waals surface area contributed by atoms with Gasteiger partial charge in [0.1, 0.15) is 28.6 Å². The van der Waals surface area contributed by atoms with Crippen LogP contribution in [-0.2, 0) is 6.18 Å². The summed E-state index contributed by atoms with van der Waals surface area (Å²) in [5, 5.41) is 17.6. The van der Waals surface area contributed by atoms with Gasteiger partial charge in [0.25, 0.3) is 5.91 Å². The SMILES string of the molecule is O=C(Nc1ccc(Oc2ccnc3c2NC(O)N3)cc1)c1[nH]c(C(F)(F)F)nc1-c1ccc(F)cc1. The van der Waals surface area contributed by atoms with E-state index >= 15 is 0 Å². The van der Waals surface area contributed by atoms with Crippen LogP contribution < -0.4 is 20.7 Å². The first-order chi connectivity index (χ1) is 17.2. The average Bonchev–Trinajstić information content (AvgIpc) is 3.45. The van der Waals surface area contributed by atoms with E-state index in [2.05, 4.69) is 25.9 Å². The highest BCUT2D eigenvalue weighted by atomic mass is 19.4. The molecule has 2 aromatic heterocycles. The molecular formula is C23H16F4N6O3. The highest BCUT2D eigenvalue weighted by molar-refractivity contribution is 6.06. The van der Waals surface area contributed by atoms with Crippen molar-refractivity contribution in [3.05, 3.63) is 78.1 Å². The van der Waals surface area contributed by atoms with E-state index < -0.39 is 35.8 Å². The second kappa shape index (κ2) is 8.85. The molecule has 0 spiro atoms. The number of carbonyl (C=O) groups is 1. The molecule has 1 aliphatic rings. The number of rotatable bonds is 5. The third-order valence-corrected chi connectivity index (χ3v) is 5.12. The summed E-state index contributed by atoms with van der Waals surface area (Å²) >= 11 is 0.